The Morgan fingerprint density at radius 1 is 1.29 bits per heavy atom. The van der Waals surface area contributed by atoms with E-state index in [9.17, 15) is 9.59 Å². The molecule has 0 saturated carbocycles. The van der Waals surface area contributed by atoms with Crippen LogP contribution in [0.4, 0.5) is 0 Å². The second-order valence-corrected chi connectivity index (χ2v) is 8.06. The third-order valence-corrected chi connectivity index (χ3v) is 5.76. The predicted molar refractivity (Wildman–Crippen MR) is 120 cm³/mol. The Bertz CT molecular complexity index is 1130. The third kappa shape index (κ3) is 5.00. The van der Waals surface area contributed by atoms with Crippen LogP contribution in [-0.4, -0.2) is 45.4 Å². The number of hydrogen-bond acceptors (Lipinski definition) is 5. The van der Waals surface area contributed by atoms with Crippen molar-refractivity contribution in [1.29, 1.82) is 0 Å². The number of hydrogen-bond donors (Lipinski definition) is 2. The number of carbonyl (C=O) groups excluding carboxylic acids is 1. The van der Waals surface area contributed by atoms with E-state index in [0.29, 0.717) is 48.2 Å². The summed E-state index contributed by atoms with van der Waals surface area (Å²) in [4.78, 5) is 38.7. The van der Waals surface area contributed by atoms with E-state index in [1.165, 1.54) is 0 Å². The molecule has 1 amide bonds. The minimum atomic E-state index is -0.212. The van der Waals surface area contributed by atoms with Crippen LogP contribution in [0.25, 0.3) is 11.4 Å². The molecule has 1 aliphatic rings. The molecule has 0 bridgehead atoms. The van der Waals surface area contributed by atoms with Crippen LogP contribution >= 0.6 is 11.6 Å². The molecule has 1 unspecified atom stereocenters. The average Bonchev–Trinajstić information content (AvgIpc) is 2.79. The monoisotopic (exact) mass is 437 g/mol. The van der Waals surface area contributed by atoms with Crippen molar-refractivity contribution in [2.45, 2.75) is 25.8 Å². The molecule has 1 aromatic carbocycles. The molecule has 4 rings (SSSR count). The maximum Gasteiger partial charge on any atom is 0.254 e. The van der Waals surface area contributed by atoms with Crippen molar-refractivity contribution >= 4 is 17.5 Å². The average molecular weight is 438 g/mol. The van der Waals surface area contributed by atoms with Crippen molar-refractivity contribution in [2.75, 3.05) is 19.6 Å². The molecule has 0 aliphatic carbocycles. The zero-order chi connectivity index (χ0) is 21.8. The Hall–Kier alpha value is -3.03. The highest BCUT2D eigenvalue weighted by Crippen LogP contribution is 2.21. The molecule has 1 aliphatic heterocycles. The highest BCUT2D eigenvalue weighted by Gasteiger charge is 2.24. The number of nitrogens with one attached hydrogen (secondary N) is 2. The molecular formula is C23H24ClN5O2. The standard InChI is InChI=1S/C23H24ClN5O2/c1-15-19(23(31)28-22(27-15)17-5-3-9-25-13-17)7-8-21(30)29-11-10-26-20(14-29)16-4-2-6-18(24)12-16/h2-6,9,12-13,20,26H,7-8,10-11,14H2,1H3,(H,27,28,31). The second kappa shape index (κ2) is 9.41. The molecule has 31 heavy (non-hydrogen) atoms. The highest BCUT2D eigenvalue weighted by atomic mass is 35.5. The molecule has 3 aromatic rings. The van der Waals surface area contributed by atoms with Crippen LogP contribution in [0.3, 0.4) is 0 Å². The molecule has 1 saturated heterocycles. The first-order chi connectivity index (χ1) is 15.0. The number of nitrogens with zero attached hydrogens (tertiary/aromatic N) is 3. The molecule has 0 spiro atoms. The number of aromatic nitrogens is 3. The van der Waals surface area contributed by atoms with Crippen LogP contribution in [0, 0.1) is 6.92 Å². The van der Waals surface area contributed by atoms with Gasteiger partial charge in [-0.3, -0.25) is 14.6 Å². The fraction of sp³-hybridized carbons (Fsp3) is 0.304. The van der Waals surface area contributed by atoms with Gasteiger partial charge in [-0.25, -0.2) is 4.98 Å². The van der Waals surface area contributed by atoms with Crippen molar-refractivity contribution in [1.82, 2.24) is 25.2 Å². The maximum atomic E-state index is 12.9. The number of piperazine rings is 1. The lowest BCUT2D eigenvalue weighted by Crippen LogP contribution is -2.48. The Labute approximate surface area is 185 Å². The van der Waals surface area contributed by atoms with E-state index in [0.717, 1.165) is 11.1 Å². The van der Waals surface area contributed by atoms with Gasteiger partial charge in [-0.05, 0) is 43.2 Å². The van der Waals surface area contributed by atoms with Crippen LogP contribution in [-0.2, 0) is 11.2 Å². The van der Waals surface area contributed by atoms with Crippen LogP contribution in [0.2, 0.25) is 5.02 Å². The number of aryl methyl sites for hydroxylation is 1. The topological polar surface area (TPSA) is 91.0 Å². The number of amides is 1. The van der Waals surface area contributed by atoms with Crippen LogP contribution in [0.15, 0.2) is 53.6 Å². The van der Waals surface area contributed by atoms with E-state index < -0.39 is 0 Å². The Balaban J connectivity index is 1.42. The molecule has 0 radical (unpaired) electrons. The summed E-state index contributed by atoms with van der Waals surface area (Å²) in [5.41, 5.74) is 2.77. The van der Waals surface area contributed by atoms with Gasteiger partial charge in [0.05, 0.1) is 0 Å². The van der Waals surface area contributed by atoms with Crippen molar-refractivity contribution in [3.63, 3.8) is 0 Å². The molecule has 8 heteroatoms. The van der Waals surface area contributed by atoms with Crippen LogP contribution < -0.4 is 10.9 Å². The number of benzene rings is 1. The summed E-state index contributed by atoms with van der Waals surface area (Å²) in [6.45, 7) is 3.73. The van der Waals surface area contributed by atoms with Gasteiger partial charge in [0, 0.05) is 66.3 Å². The summed E-state index contributed by atoms with van der Waals surface area (Å²) in [6.07, 6.45) is 3.94. The summed E-state index contributed by atoms with van der Waals surface area (Å²) in [5, 5.41) is 4.12. The minimum Gasteiger partial charge on any atom is -0.340 e. The minimum absolute atomic E-state index is 0.0312. The SMILES string of the molecule is Cc1nc(-c2cccnc2)[nH]c(=O)c1CCC(=O)N1CCNC(c2cccc(Cl)c2)C1. The van der Waals surface area contributed by atoms with Gasteiger partial charge < -0.3 is 15.2 Å². The van der Waals surface area contributed by atoms with Crippen molar-refractivity contribution < 1.29 is 4.79 Å². The summed E-state index contributed by atoms with van der Waals surface area (Å²) in [7, 11) is 0. The zero-order valence-corrected chi connectivity index (χ0v) is 18.0. The first-order valence-corrected chi connectivity index (χ1v) is 10.7. The number of carbonyl (C=O) groups is 1. The highest BCUT2D eigenvalue weighted by molar-refractivity contribution is 6.30. The van der Waals surface area contributed by atoms with Gasteiger partial charge in [0.2, 0.25) is 5.91 Å². The summed E-state index contributed by atoms with van der Waals surface area (Å²) in [5.74, 6) is 0.515. The predicted octanol–water partition coefficient (Wildman–Crippen LogP) is 2.90. The van der Waals surface area contributed by atoms with Crippen molar-refractivity contribution in [3.8, 4) is 11.4 Å². The summed E-state index contributed by atoms with van der Waals surface area (Å²) < 4.78 is 0. The number of pyridine rings is 1. The van der Waals surface area contributed by atoms with E-state index >= 15 is 0 Å². The molecule has 1 atom stereocenters. The second-order valence-electron chi connectivity index (χ2n) is 7.62. The lowest BCUT2D eigenvalue weighted by molar-refractivity contribution is -0.132. The first kappa shape index (κ1) is 21.2. The molecule has 3 heterocycles. The van der Waals surface area contributed by atoms with E-state index in [-0.39, 0.29) is 23.9 Å². The number of aromatic amines is 1. The van der Waals surface area contributed by atoms with E-state index in [1.54, 1.807) is 25.4 Å². The van der Waals surface area contributed by atoms with Gasteiger partial charge in [-0.2, -0.15) is 0 Å². The summed E-state index contributed by atoms with van der Waals surface area (Å²) >= 11 is 6.11. The molecule has 2 N–H and O–H groups in total. The smallest absolute Gasteiger partial charge is 0.254 e. The number of rotatable bonds is 5. The normalized spacial score (nSPS) is 16.3. The van der Waals surface area contributed by atoms with Gasteiger partial charge in [0.25, 0.3) is 5.56 Å². The molecule has 160 valence electrons. The van der Waals surface area contributed by atoms with Gasteiger partial charge in [0.1, 0.15) is 5.82 Å². The van der Waals surface area contributed by atoms with E-state index in [2.05, 4.69) is 20.3 Å². The van der Waals surface area contributed by atoms with E-state index in [1.807, 2.05) is 35.2 Å². The van der Waals surface area contributed by atoms with Crippen LogP contribution in [0.1, 0.15) is 29.3 Å². The third-order valence-electron chi connectivity index (χ3n) is 5.53. The Morgan fingerprint density at radius 3 is 2.90 bits per heavy atom. The molecule has 1 fully saturated rings. The Kier molecular flexibility index (Phi) is 6.44. The Morgan fingerprint density at radius 2 is 2.16 bits per heavy atom. The molecule has 2 aromatic heterocycles. The molecular weight excluding hydrogens is 414 g/mol. The van der Waals surface area contributed by atoms with Crippen LogP contribution in [0.5, 0.6) is 0 Å². The van der Waals surface area contributed by atoms with Gasteiger partial charge in [-0.15, -0.1) is 0 Å². The largest absolute Gasteiger partial charge is 0.340 e. The number of H-pyrrole nitrogens is 1. The van der Waals surface area contributed by atoms with Gasteiger partial charge >= 0.3 is 0 Å². The summed E-state index contributed by atoms with van der Waals surface area (Å²) in [6, 6.07) is 11.4. The van der Waals surface area contributed by atoms with E-state index in [4.69, 9.17) is 11.6 Å². The lowest BCUT2D eigenvalue weighted by atomic mass is 10.0. The van der Waals surface area contributed by atoms with Gasteiger partial charge in [0.15, 0.2) is 0 Å². The zero-order valence-electron chi connectivity index (χ0n) is 17.3. The first-order valence-electron chi connectivity index (χ1n) is 10.3. The fourth-order valence-electron chi connectivity index (χ4n) is 3.86. The quantitative estimate of drug-likeness (QED) is 0.640. The maximum absolute atomic E-state index is 12.9. The molecule has 7 nitrogen and oxygen atoms in total. The fourth-order valence-corrected chi connectivity index (χ4v) is 4.06. The van der Waals surface area contributed by atoms with Crippen molar-refractivity contribution in [3.05, 3.63) is 81.0 Å². The lowest BCUT2D eigenvalue weighted by Gasteiger charge is -2.34. The number of halogens is 1. The van der Waals surface area contributed by atoms with Crippen molar-refractivity contribution in [2.24, 2.45) is 0 Å². The van der Waals surface area contributed by atoms with Gasteiger partial charge in [-0.1, -0.05) is 23.7 Å².